The van der Waals surface area contributed by atoms with E-state index in [0.29, 0.717) is 22.7 Å². The number of rotatable bonds is 7. The molecule has 3 aliphatic carbocycles. The van der Waals surface area contributed by atoms with E-state index in [2.05, 4.69) is 48.5 Å². The summed E-state index contributed by atoms with van der Waals surface area (Å²) >= 11 is 0. The zero-order chi connectivity index (χ0) is 20.0. The lowest BCUT2D eigenvalue weighted by atomic mass is 9.57. The zero-order valence-corrected chi connectivity index (χ0v) is 19.5. The molecule has 3 saturated carbocycles. The van der Waals surface area contributed by atoms with Crippen molar-refractivity contribution in [3.63, 3.8) is 0 Å². The van der Waals surface area contributed by atoms with Crippen LogP contribution in [-0.4, -0.2) is 11.2 Å². The summed E-state index contributed by atoms with van der Waals surface area (Å²) in [6.45, 7) is 17.0. The van der Waals surface area contributed by atoms with Gasteiger partial charge in [0.25, 0.3) is 0 Å². The van der Waals surface area contributed by atoms with Crippen molar-refractivity contribution in [1.29, 1.82) is 0 Å². The number of aliphatic hydroxyl groups excluding tert-OH is 1. The minimum absolute atomic E-state index is 0.0777. The molecule has 0 amide bonds. The van der Waals surface area contributed by atoms with Crippen LogP contribution in [0.2, 0.25) is 0 Å². The second-order valence-electron chi connectivity index (χ2n) is 12.1. The van der Waals surface area contributed by atoms with Crippen molar-refractivity contribution >= 4 is 0 Å². The highest BCUT2D eigenvalue weighted by molar-refractivity contribution is 5.12. The predicted molar refractivity (Wildman–Crippen MR) is 117 cm³/mol. The van der Waals surface area contributed by atoms with E-state index in [4.69, 9.17) is 0 Å². The Labute approximate surface area is 170 Å². The maximum Gasteiger partial charge on any atom is 0.0627 e. The van der Waals surface area contributed by atoms with E-state index in [1.165, 1.54) is 57.8 Å². The third-order valence-electron chi connectivity index (χ3n) is 10.2. The topological polar surface area (TPSA) is 20.2 Å². The fourth-order valence-electron chi connectivity index (χ4n) is 7.65. The van der Waals surface area contributed by atoms with Crippen molar-refractivity contribution in [3.8, 4) is 0 Å². The van der Waals surface area contributed by atoms with E-state index in [9.17, 15) is 5.11 Å². The number of fused-ring (bicyclic) bond motifs is 2. The molecule has 3 fully saturated rings. The predicted octanol–water partition coefficient (Wildman–Crippen LogP) is 7.47. The first-order chi connectivity index (χ1) is 12.6. The summed E-state index contributed by atoms with van der Waals surface area (Å²) in [6.07, 6.45) is 13.6. The van der Waals surface area contributed by atoms with E-state index >= 15 is 0 Å². The molecule has 7 atom stereocenters. The van der Waals surface area contributed by atoms with Gasteiger partial charge in [-0.15, -0.1) is 0 Å². The van der Waals surface area contributed by atoms with Crippen LogP contribution in [0.3, 0.4) is 0 Å². The first-order valence-electron chi connectivity index (χ1n) is 12.3. The molecule has 0 aromatic rings. The van der Waals surface area contributed by atoms with Gasteiger partial charge in [0.1, 0.15) is 0 Å². The highest BCUT2D eigenvalue weighted by atomic mass is 16.3. The SMILES string of the molecule is CCCC(C)(C(C)C)C(O)[C@H]1CC1C(C)(C)C12CCCCCC(C1)C(C)C2. The van der Waals surface area contributed by atoms with E-state index < -0.39 is 0 Å². The summed E-state index contributed by atoms with van der Waals surface area (Å²) in [7, 11) is 0. The van der Waals surface area contributed by atoms with Crippen molar-refractivity contribution in [2.75, 3.05) is 0 Å². The third-order valence-corrected chi connectivity index (χ3v) is 10.2. The molecule has 1 N–H and O–H groups in total. The first-order valence-corrected chi connectivity index (χ1v) is 12.3. The lowest BCUT2D eigenvalue weighted by molar-refractivity contribution is -0.0401. The summed E-state index contributed by atoms with van der Waals surface area (Å²) in [5.41, 5.74) is 0.993. The van der Waals surface area contributed by atoms with E-state index in [1.807, 2.05) is 0 Å². The molecule has 3 aliphatic rings. The molecule has 1 heteroatoms. The Balaban J connectivity index is 1.78. The highest BCUT2D eigenvalue weighted by Crippen LogP contribution is 2.69. The lowest BCUT2D eigenvalue weighted by Crippen LogP contribution is -2.42. The molecule has 158 valence electrons. The van der Waals surface area contributed by atoms with Gasteiger partial charge in [0.15, 0.2) is 0 Å². The molecule has 0 aromatic carbocycles. The summed E-state index contributed by atoms with van der Waals surface area (Å²) < 4.78 is 0. The van der Waals surface area contributed by atoms with E-state index in [0.717, 1.165) is 24.2 Å². The molecule has 6 unspecified atom stereocenters. The summed E-state index contributed by atoms with van der Waals surface area (Å²) in [6, 6.07) is 0. The molecule has 0 heterocycles. The van der Waals surface area contributed by atoms with Crippen LogP contribution < -0.4 is 0 Å². The molecule has 27 heavy (non-hydrogen) atoms. The van der Waals surface area contributed by atoms with Crippen LogP contribution in [0, 0.1) is 45.8 Å². The van der Waals surface area contributed by atoms with Crippen LogP contribution in [0.1, 0.15) is 113 Å². The van der Waals surface area contributed by atoms with Gasteiger partial charge in [0, 0.05) is 0 Å². The van der Waals surface area contributed by atoms with Crippen LogP contribution in [0.5, 0.6) is 0 Å². The van der Waals surface area contributed by atoms with Gasteiger partial charge in [-0.2, -0.15) is 0 Å². The van der Waals surface area contributed by atoms with Crippen molar-refractivity contribution < 1.29 is 5.11 Å². The van der Waals surface area contributed by atoms with Crippen LogP contribution in [0.4, 0.5) is 0 Å². The van der Waals surface area contributed by atoms with E-state index in [-0.39, 0.29) is 11.5 Å². The maximum atomic E-state index is 11.5. The van der Waals surface area contributed by atoms with Crippen molar-refractivity contribution in [2.24, 2.45) is 45.8 Å². The Kier molecular flexibility index (Phi) is 6.14. The summed E-state index contributed by atoms with van der Waals surface area (Å²) in [5, 5.41) is 11.5. The Morgan fingerprint density at radius 2 is 1.78 bits per heavy atom. The van der Waals surface area contributed by atoms with Crippen molar-refractivity contribution in [1.82, 2.24) is 0 Å². The monoisotopic (exact) mass is 376 g/mol. The normalized spacial score (nSPS) is 40.3. The summed E-state index contributed by atoms with van der Waals surface area (Å²) in [5.74, 6) is 3.69. The highest BCUT2D eigenvalue weighted by Gasteiger charge is 2.62. The standard InChI is InChI=1S/C26H48O/c1-8-13-25(7,18(2)3)23(27)21-15-22(21)24(5,6)26-14-11-9-10-12-20(17-26)19(4)16-26/h18-23,27H,8-17H2,1-7H3/t19?,20?,21-,22?,23?,25?,26?/m0/s1. The Morgan fingerprint density at radius 1 is 1.07 bits per heavy atom. The van der Waals surface area contributed by atoms with Gasteiger partial charge < -0.3 is 5.11 Å². The summed E-state index contributed by atoms with van der Waals surface area (Å²) in [4.78, 5) is 0. The van der Waals surface area contributed by atoms with Gasteiger partial charge >= 0.3 is 0 Å². The van der Waals surface area contributed by atoms with Crippen LogP contribution >= 0.6 is 0 Å². The van der Waals surface area contributed by atoms with Gasteiger partial charge in [-0.05, 0) is 77.9 Å². The second kappa shape index (κ2) is 7.66. The molecule has 1 nitrogen and oxygen atoms in total. The molecule has 0 saturated heterocycles. The third kappa shape index (κ3) is 3.64. The molecule has 0 aliphatic heterocycles. The fourth-order valence-corrected chi connectivity index (χ4v) is 7.65. The number of hydrogen-bond acceptors (Lipinski definition) is 1. The van der Waals surface area contributed by atoms with Gasteiger partial charge in [-0.1, -0.05) is 80.6 Å². The van der Waals surface area contributed by atoms with Gasteiger partial charge in [0.05, 0.1) is 6.10 Å². The largest absolute Gasteiger partial charge is 0.392 e. The average molecular weight is 377 g/mol. The van der Waals surface area contributed by atoms with Gasteiger partial charge in [-0.3, -0.25) is 0 Å². The van der Waals surface area contributed by atoms with Crippen LogP contribution in [-0.2, 0) is 0 Å². The minimum Gasteiger partial charge on any atom is -0.392 e. The Hall–Kier alpha value is -0.0400. The van der Waals surface area contributed by atoms with Crippen molar-refractivity contribution in [2.45, 2.75) is 119 Å². The molecular formula is C26H48O. The molecule has 0 aromatic heterocycles. The van der Waals surface area contributed by atoms with Crippen LogP contribution in [0.25, 0.3) is 0 Å². The first kappa shape index (κ1) is 21.7. The smallest absolute Gasteiger partial charge is 0.0627 e. The number of hydrogen-bond donors (Lipinski definition) is 1. The molecule has 0 spiro atoms. The van der Waals surface area contributed by atoms with Gasteiger partial charge in [0.2, 0.25) is 0 Å². The molecule has 3 rings (SSSR count). The minimum atomic E-state index is -0.124. The second-order valence-corrected chi connectivity index (χ2v) is 12.1. The van der Waals surface area contributed by atoms with E-state index in [1.54, 1.807) is 0 Å². The van der Waals surface area contributed by atoms with Gasteiger partial charge in [-0.25, -0.2) is 0 Å². The molecule has 0 radical (unpaired) electrons. The molecule has 2 bridgehead atoms. The Bertz CT molecular complexity index is 508. The zero-order valence-electron chi connectivity index (χ0n) is 19.5. The maximum absolute atomic E-state index is 11.5. The average Bonchev–Trinajstić information content (AvgIpc) is 3.30. The van der Waals surface area contributed by atoms with Crippen molar-refractivity contribution in [3.05, 3.63) is 0 Å². The fraction of sp³-hybridized carbons (Fsp3) is 1.00. The Morgan fingerprint density at radius 3 is 2.41 bits per heavy atom. The quantitative estimate of drug-likeness (QED) is 0.488. The molecular weight excluding hydrogens is 328 g/mol. The number of aliphatic hydroxyl groups is 1. The lowest BCUT2D eigenvalue weighted by Gasteiger charge is -2.48. The van der Waals surface area contributed by atoms with Crippen LogP contribution in [0.15, 0.2) is 0 Å².